The van der Waals surface area contributed by atoms with Gasteiger partial charge < -0.3 is 15.4 Å². The van der Waals surface area contributed by atoms with E-state index in [4.69, 9.17) is 10.5 Å². The molecule has 0 spiro atoms. The molecule has 2 N–H and O–H groups in total. The summed E-state index contributed by atoms with van der Waals surface area (Å²) in [4.78, 5) is 2.55. The SMILES string of the molecule is NCCc1ccc(Br)cc1N1CCOC2CCCC21. The Labute approximate surface area is 123 Å². The number of ether oxygens (including phenoxy) is 1. The van der Waals surface area contributed by atoms with Gasteiger partial charge in [-0.3, -0.25) is 0 Å². The van der Waals surface area contributed by atoms with Gasteiger partial charge in [-0.25, -0.2) is 0 Å². The lowest BCUT2D eigenvalue weighted by Crippen LogP contribution is -2.49. The van der Waals surface area contributed by atoms with Crippen LogP contribution in [0.15, 0.2) is 22.7 Å². The molecule has 3 nitrogen and oxygen atoms in total. The monoisotopic (exact) mass is 324 g/mol. The summed E-state index contributed by atoms with van der Waals surface area (Å²) in [6.07, 6.45) is 5.11. The van der Waals surface area contributed by atoms with Crippen LogP contribution in [0, 0.1) is 0 Å². The zero-order valence-electron chi connectivity index (χ0n) is 11.1. The van der Waals surface area contributed by atoms with Crippen LogP contribution in [0.1, 0.15) is 24.8 Å². The number of hydrogen-bond acceptors (Lipinski definition) is 3. The van der Waals surface area contributed by atoms with E-state index in [1.165, 1.54) is 30.5 Å². The molecule has 1 aromatic carbocycles. The number of fused-ring (bicyclic) bond motifs is 1. The van der Waals surface area contributed by atoms with E-state index in [9.17, 15) is 0 Å². The van der Waals surface area contributed by atoms with Gasteiger partial charge in [0.25, 0.3) is 0 Å². The normalized spacial score (nSPS) is 26.5. The maximum atomic E-state index is 5.91. The quantitative estimate of drug-likeness (QED) is 0.929. The second kappa shape index (κ2) is 5.81. The molecule has 0 bridgehead atoms. The van der Waals surface area contributed by atoms with Crippen LogP contribution >= 0.6 is 15.9 Å². The van der Waals surface area contributed by atoms with Crippen molar-refractivity contribution in [3.8, 4) is 0 Å². The van der Waals surface area contributed by atoms with E-state index in [0.717, 1.165) is 24.0 Å². The molecule has 0 aromatic heterocycles. The zero-order valence-corrected chi connectivity index (χ0v) is 12.7. The Morgan fingerprint density at radius 1 is 1.37 bits per heavy atom. The topological polar surface area (TPSA) is 38.5 Å². The molecule has 104 valence electrons. The number of morpholine rings is 1. The molecule has 2 atom stereocenters. The summed E-state index contributed by atoms with van der Waals surface area (Å²) in [7, 11) is 0. The van der Waals surface area contributed by atoms with Crippen molar-refractivity contribution in [2.45, 2.75) is 37.8 Å². The first-order chi connectivity index (χ1) is 9.29. The zero-order chi connectivity index (χ0) is 13.2. The van der Waals surface area contributed by atoms with E-state index in [1.807, 2.05) is 0 Å². The van der Waals surface area contributed by atoms with Gasteiger partial charge in [-0.1, -0.05) is 22.0 Å². The highest BCUT2D eigenvalue weighted by atomic mass is 79.9. The van der Waals surface area contributed by atoms with Crippen molar-refractivity contribution in [2.24, 2.45) is 5.73 Å². The third-order valence-electron chi connectivity index (χ3n) is 4.25. The predicted octanol–water partition coefficient (Wildman–Crippen LogP) is 2.71. The van der Waals surface area contributed by atoms with Gasteiger partial charge in [0, 0.05) is 16.7 Å². The third-order valence-corrected chi connectivity index (χ3v) is 4.75. The molecular formula is C15H21BrN2O. The van der Waals surface area contributed by atoms with Crippen molar-refractivity contribution in [3.05, 3.63) is 28.2 Å². The van der Waals surface area contributed by atoms with Crippen LogP contribution in [0.2, 0.25) is 0 Å². The first-order valence-electron chi connectivity index (χ1n) is 7.16. The highest BCUT2D eigenvalue weighted by Crippen LogP contribution is 2.35. The van der Waals surface area contributed by atoms with Crippen molar-refractivity contribution < 1.29 is 4.74 Å². The molecule has 2 fully saturated rings. The van der Waals surface area contributed by atoms with E-state index in [0.29, 0.717) is 18.7 Å². The van der Waals surface area contributed by atoms with Gasteiger partial charge in [0.1, 0.15) is 0 Å². The first kappa shape index (κ1) is 13.4. The van der Waals surface area contributed by atoms with Crippen molar-refractivity contribution >= 4 is 21.6 Å². The Kier molecular flexibility index (Phi) is 4.10. The summed E-state index contributed by atoms with van der Waals surface area (Å²) < 4.78 is 7.05. The second-order valence-electron chi connectivity index (χ2n) is 5.41. The molecular weight excluding hydrogens is 304 g/mol. The molecule has 1 saturated carbocycles. The first-order valence-corrected chi connectivity index (χ1v) is 7.95. The lowest BCUT2D eigenvalue weighted by atomic mass is 10.0. The van der Waals surface area contributed by atoms with Gasteiger partial charge in [0.05, 0.1) is 18.8 Å². The molecule has 1 aliphatic carbocycles. The fraction of sp³-hybridized carbons (Fsp3) is 0.600. The molecule has 1 aromatic rings. The smallest absolute Gasteiger partial charge is 0.0779 e. The van der Waals surface area contributed by atoms with Crippen LogP contribution < -0.4 is 10.6 Å². The lowest BCUT2D eigenvalue weighted by Gasteiger charge is -2.40. The Morgan fingerprint density at radius 2 is 2.26 bits per heavy atom. The third kappa shape index (κ3) is 2.67. The van der Waals surface area contributed by atoms with Gasteiger partial charge in [-0.15, -0.1) is 0 Å². The number of rotatable bonds is 3. The van der Waals surface area contributed by atoms with Crippen LogP contribution in [0.25, 0.3) is 0 Å². The number of nitrogens with two attached hydrogens (primary N) is 1. The molecule has 0 radical (unpaired) electrons. The number of halogens is 1. The maximum Gasteiger partial charge on any atom is 0.0779 e. The van der Waals surface area contributed by atoms with Crippen molar-refractivity contribution in [2.75, 3.05) is 24.6 Å². The Hall–Kier alpha value is -0.580. The molecule has 2 unspecified atom stereocenters. The average molecular weight is 325 g/mol. The Morgan fingerprint density at radius 3 is 3.11 bits per heavy atom. The van der Waals surface area contributed by atoms with Crippen LogP contribution in [0.3, 0.4) is 0 Å². The lowest BCUT2D eigenvalue weighted by molar-refractivity contribution is 0.0256. The van der Waals surface area contributed by atoms with Gasteiger partial charge in [0.2, 0.25) is 0 Å². The number of hydrogen-bond donors (Lipinski definition) is 1. The van der Waals surface area contributed by atoms with Crippen LogP contribution in [-0.4, -0.2) is 31.8 Å². The summed E-state index contributed by atoms with van der Waals surface area (Å²) in [5, 5.41) is 0. The van der Waals surface area contributed by atoms with E-state index >= 15 is 0 Å². The minimum Gasteiger partial charge on any atom is -0.374 e. The van der Waals surface area contributed by atoms with E-state index in [2.05, 4.69) is 39.0 Å². The Bertz CT molecular complexity index is 452. The summed E-state index contributed by atoms with van der Waals surface area (Å²) in [6.45, 7) is 2.54. The van der Waals surface area contributed by atoms with E-state index in [1.54, 1.807) is 0 Å². The maximum absolute atomic E-state index is 5.91. The van der Waals surface area contributed by atoms with Crippen LogP contribution in [0.5, 0.6) is 0 Å². The van der Waals surface area contributed by atoms with Crippen molar-refractivity contribution in [3.63, 3.8) is 0 Å². The fourth-order valence-electron chi connectivity index (χ4n) is 3.40. The average Bonchev–Trinajstić information content (AvgIpc) is 2.89. The summed E-state index contributed by atoms with van der Waals surface area (Å²) >= 11 is 3.60. The number of nitrogens with zero attached hydrogens (tertiary/aromatic N) is 1. The van der Waals surface area contributed by atoms with Gasteiger partial charge in [-0.2, -0.15) is 0 Å². The fourth-order valence-corrected chi connectivity index (χ4v) is 3.75. The minimum absolute atomic E-state index is 0.429. The largest absolute Gasteiger partial charge is 0.374 e. The van der Waals surface area contributed by atoms with E-state index < -0.39 is 0 Å². The minimum atomic E-state index is 0.429. The number of anilines is 1. The van der Waals surface area contributed by atoms with E-state index in [-0.39, 0.29) is 0 Å². The Balaban J connectivity index is 1.93. The summed E-state index contributed by atoms with van der Waals surface area (Å²) in [6, 6.07) is 7.11. The molecule has 3 rings (SSSR count). The van der Waals surface area contributed by atoms with Gasteiger partial charge >= 0.3 is 0 Å². The second-order valence-corrected chi connectivity index (χ2v) is 6.33. The van der Waals surface area contributed by atoms with Gasteiger partial charge in [0.15, 0.2) is 0 Å². The highest BCUT2D eigenvalue weighted by molar-refractivity contribution is 9.10. The highest BCUT2D eigenvalue weighted by Gasteiger charge is 2.36. The molecule has 4 heteroatoms. The van der Waals surface area contributed by atoms with Crippen molar-refractivity contribution in [1.82, 2.24) is 0 Å². The van der Waals surface area contributed by atoms with Crippen molar-refractivity contribution in [1.29, 1.82) is 0 Å². The van der Waals surface area contributed by atoms with Gasteiger partial charge in [-0.05, 0) is 49.9 Å². The van der Waals surface area contributed by atoms with Crippen LogP contribution in [0.4, 0.5) is 5.69 Å². The molecule has 1 aliphatic heterocycles. The summed E-state index contributed by atoms with van der Waals surface area (Å²) in [5.41, 5.74) is 8.46. The van der Waals surface area contributed by atoms with Crippen LogP contribution in [-0.2, 0) is 11.2 Å². The summed E-state index contributed by atoms with van der Waals surface area (Å²) in [5.74, 6) is 0. The number of benzene rings is 1. The standard InChI is InChI=1S/C15H21BrN2O/c16-12-5-4-11(6-7-17)14(10-12)18-8-9-19-15-3-1-2-13(15)18/h4-5,10,13,15H,1-3,6-9,17H2. The predicted molar refractivity (Wildman–Crippen MR) is 81.6 cm³/mol. The molecule has 0 amide bonds. The molecule has 1 saturated heterocycles. The molecule has 19 heavy (non-hydrogen) atoms. The molecule has 1 heterocycles. The molecule has 2 aliphatic rings.